The fraction of sp³-hybridized carbons (Fsp3) is 0.400. The van der Waals surface area contributed by atoms with Crippen LogP contribution in [-0.2, 0) is 0 Å². The summed E-state index contributed by atoms with van der Waals surface area (Å²) in [6.07, 6.45) is 3.72. The van der Waals surface area contributed by atoms with Crippen molar-refractivity contribution >= 4 is 15.9 Å². The minimum atomic E-state index is 0.284. The lowest BCUT2D eigenvalue weighted by Crippen LogP contribution is -2.20. The zero-order chi connectivity index (χ0) is 14.7. The van der Waals surface area contributed by atoms with Gasteiger partial charge in [0.25, 0.3) is 0 Å². The largest absolute Gasteiger partial charge is 0.495 e. The predicted molar refractivity (Wildman–Crippen MR) is 84.4 cm³/mol. The number of imidazole rings is 1. The monoisotopic (exact) mass is 337 g/mol. The molecule has 20 heavy (non-hydrogen) atoms. The normalized spacial score (nSPS) is 12.7. The third-order valence-electron chi connectivity index (χ3n) is 3.52. The van der Waals surface area contributed by atoms with Crippen LogP contribution in [0.25, 0.3) is 5.69 Å². The number of aromatic nitrogens is 2. The first kappa shape index (κ1) is 15.1. The highest BCUT2D eigenvalue weighted by Gasteiger charge is 2.19. The molecule has 1 aromatic heterocycles. The van der Waals surface area contributed by atoms with Crippen molar-refractivity contribution in [3.63, 3.8) is 0 Å². The molecular weight excluding hydrogens is 318 g/mol. The van der Waals surface area contributed by atoms with Gasteiger partial charge >= 0.3 is 0 Å². The molecule has 108 valence electrons. The maximum absolute atomic E-state index is 5.92. The average molecular weight is 338 g/mol. The Kier molecular flexibility index (Phi) is 4.83. The Morgan fingerprint density at radius 3 is 2.75 bits per heavy atom. The summed E-state index contributed by atoms with van der Waals surface area (Å²) in [6.45, 7) is 4.96. The Bertz CT molecular complexity index is 580. The molecule has 0 aliphatic rings. The maximum Gasteiger partial charge on any atom is 0.135 e. The van der Waals surface area contributed by atoms with Gasteiger partial charge in [0, 0.05) is 30.4 Å². The molecule has 2 aromatic rings. The highest BCUT2D eigenvalue weighted by molar-refractivity contribution is 9.10. The second-order valence-corrected chi connectivity index (χ2v) is 5.95. The molecule has 2 rings (SSSR count). The number of benzene rings is 1. The lowest BCUT2D eigenvalue weighted by atomic mass is 9.93. The maximum atomic E-state index is 5.92. The third-order valence-corrected chi connectivity index (χ3v) is 4.17. The van der Waals surface area contributed by atoms with E-state index in [0.717, 1.165) is 21.6 Å². The van der Waals surface area contributed by atoms with Gasteiger partial charge in [-0.3, -0.25) is 0 Å². The highest BCUT2D eigenvalue weighted by atomic mass is 79.9. The van der Waals surface area contributed by atoms with Crippen LogP contribution in [0.5, 0.6) is 5.75 Å². The number of rotatable bonds is 5. The van der Waals surface area contributed by atoms with Crippen molar-refractivity contribution in [3.05, 3.63) is 40.9 Å². The smallest absolute Gasteiger partial charge is 0.135 e. The number of ether oxygens (including phenoxy) is 1. The van der Waals surface area contributed by atoms with Gasteiger partial charge in [-0.15, -0.1) is 0 Å². The van der Waals surface area contributed by atoms with Crippen LogP contribution in [-0.4, -0.2) is 23.2 Å². The van der Waals surface area contributed by atoms with E-state index in [2.05, 4.69) is 39.3 Å². The van der Waals surface area contributed by atoms with Crippen molar-refractivity contribution in [2.24, 2.45) is 11.7 Å². The summed E-state index contributed by atoms with van der Waals surface area (Å²) in [5, 5.41) is 0. The molecule has 0 amide bonds. The zero-order valence-electron chi connectivity index (χ0n) is 12.0. The fourth-order valence-electron chi connectivity index (χ4n) is 2.33. The quantitative estimate of drug-likeness (QED) is 0.910. The summed E-state index contributed by atoms with van der Waals surface area (Å²) in [5.41, 5.74) is 8.07. The molecule has 5 heteroatoms. The molecule has 0 aliphatic heterocycles. The first-order valence-corrected chi connectivity index (χ1v) is 7.44. The van der Waals surface area contributed by atoms with Gasteiger partial charge in [0.2, 0.25) is 0 Å². The predicted octanol–water partition coefficient (Wildman–Crippen LogP) is 3.34. The molecule has 0 saturated heterocycles. The Morgan fingerprint density at radius 1 is 1.40 bits per heavy atom. The number of hydrogen-bond acceptors (Lipinski definition) is 3. The van der Waals surface area contributed by atoms with E-state index in [4.69, 9.17) is 10.5 Å². The van der Waals surface area contributed by atoms with E-state index in [1.165, 1.54) is 0 Å². The van der Waals surface area contributed by atoms with E-state index in [9.17, 15) is 0 Å². The van der Waals surface area contributed by atoms with Gasteiger partial charge in [-0.2, -0.15) is 0 Å². The van der Waals surface area contributed by atoms with Crippen LogP contribution in [0.4, 0.5) is 0 Å². The molecule has 0 fully saturated rings. The molecule has 1 unspecified atom stereocenters. The van der Waals surface area contributed by atoms with Gasteiger partial charge in [0.05, 0.1) is 23.6 Å². The van der Waals surface area contributed by atoms with Crippen LogP contribution < -0.4 is 10.5 Å². The SMILES string of the molecule is COc1cc(-n2cncc2C(CN)C(C)C)ccc1Br. The summed E-state index contributed by atoms with van der Waals surface area (Å²) in [4.78, 5) is 4.28. The second kappa shape index (κ2) is 6.41. The molecule has 1 heterocycles. The summed E-state index contributed by atoms with van der Waals surface area (Å²) >= 11 is 3.47. The average Bonchev–Trinajstić information content (AvgIpc) is 2.89. The molecule has 0 bridgehead atoms. The molecule has 0 aliphatic carbocycles. The van der Waals surface area contributed by atoms with Gasteiger partial charge in [-0.25, -0.2) is 4.98 Å². The lowest BCUT2D eigenvalue weighted by molar-refractivity contribution is 0.412. The standard InChI is InChI=1S/C15H20BrN3O/c1-10(2)12(7-17)14-8-18-9-19(14)11-4-5-13(16)15(6-11)20-3/h4-6,8-10,12H,7,17H2,1-3H3. The number of hydrogen-bond donors (Lipinski definition) is 1. The molecule has 0 saturated carbocycles. The minimum absolute atomic E-state index is 0.284. The summed E-state index contributed by atoms with van der Waals surface area (Å²) in [6, 6.07) is 6.00. The van der Waals surface area contributed by atoms with E-state index >= 15 is 0 Å². The van der Waals surface area contributed by atoms with Gasteiger partial charge in [-0.05, 0) is 34.0 Å². The van der Waals surface area contributed by atoms with Crippen molar-refractivity contribution in [3.8, 4) is 11.4 Å². The first-order valence-electron chi connectivity index (χ1n) is 6.64. The topological polar surface area (TPSA) is 53.1 Å². The molecule has 0 radical (unpaired) electrons. The van der Waals surface area contributed by atoms with Crippen LogP contribution in [0.3, 0.4) is 0 Å². The van der Waals surface area contributed by atoms with Crippen molar-refractivity contribution < 1.29 is 4.74 Å². The van der Waals surface area contributed by atoms with Crippen molar-refractivity contribution in [1.82, 2.24) is 9.55 Å². The van der Waals surface area contributed by atoms with Gasteiger partial charge in [0.1, 0.15) is 5.75 Å². The number of halogens is 1. The van der Waals surface area contributed by atoms with Crippen LogP contribution >= 0.6 is 15.9 Å². The summed E-state index contributed by atoms with van der Waals surface area (Å²) in [7, 11) is 1.66. The Morgan fingerprint density at radius 2 is 2.15 bits per heavy atom. The van der Waals surface area contributed by atoms with E-state index in [0.29, 0.717) is 12.5 Å². The highest BCUT2D eigenvalue weighted by Crippen LogP contribution is 2.30. The molecule has 4 nitrogen and oxygen atoms in total. The molecular formula is C15H20BrN3O. The lowest BCUT2D eigenvalue weighted by Gasteiger charge is -2.21. The molecule has 1 aromatic carbocycles. The van der Waals surface area contributed by atoms with Crippen molar-refractivity contribution in [2.75, 3.05) is 13.7 Å². The van der Waals surface area contributed by atoms with E-state index in [-0.39, 0.29) is 5.92 Å². The van der Waals surface area contributed by atoms with Gasteiger partial charge in [-0.1, -0.05) is 13.8 Å². The molecule has 2 N–H and O–H groups in total. The van der Waals surface area contributed by atoms with Crippen molar-refractivity contribution in [2.45, 2.75) is 19.8 Å². The Balaban J connectivity index is 2.46. The van der Waals surface area contributed by atoms with Crippen LogP contribution in [0.1, 0.15) is 25.5 Å². The minimum Gasteiger partial charge on any atom is -0.495 e. The Labute approximate surface area is 128 Å². The summed E-state index contributed by atoms with van der Waals surface area (Å²) in [5.74, 6) is 1.55. The summed E-state index contributed by atoms with van der Waals surface area (Å²) < 4.78 is 8.36. The zero-order valence-corrected chi connectivity index (χ0v) is 13.6. The Hall–Kier alpha value is -1.33. The number of nitrogens with zero attached hydrogens (tertiary/aromatic N) is 2. The first-order chi connectivity index (χ1) is 9.58. The van der Waals surface area contributed by atoms with E-state index in [1.807, 2.05) is 30.7 Å². The van der Waals surface area contributed by atoms with Crippen LogP contribution in [0.2, 0.25) is 0 Å². The molecule has 0 spiro atoms. The van der Waals surface area contributed by atoms with Crippen molar-refractivity contribution in [1.29, 1.82) is 0 Å². The third kappa shape index (κ3) is 2.88. The van der Waals surface area contributed by atoms with Gasteiger partial charge < -0.3 is 15.0 Å². The fourth-order valence-corrected chi connectivity index (χ4v) is 2.74. The van der Waals surface area contributed by atoms with Crippen LogP contribution in [0.15, 0.2) is 35.2 Å². The van der Waals surface area contributed by atoms with E-state index < -0.39 is 0 Å². The van der Waals surface area contributed by atoms with E-state index in [1.54, 1.807) is 7.11 Å². The van der Waals surface area contributed by atoms with Gasteiger partial charge in [0.15, 0.2) is 0 Å². The van der Waals surface area contributed by atoms with Crippen LogP contribution in [0, 0.1) is 5.92 Å². The number of nitrogens with two attached hydrogens (primary N) is 1. The number of methoxy groups -OCH3 is 1. The molecule has 1 atom stereocenters. The second-order valence-electron chi connectivity index (χ2n) is 5.09.